The Morgan fingerprint density at radius 3 is 1.80 bits per heavy atom. The fraction of sp³-hybridized carbons (Fsp3) is 0.0588. The minimum atomic E-state index is 0.631. The lowest BCUT2D eigenvalue weighted by Gasteiger charge is -2.03. The largest absolute Gasteiger partial charge is 0.337 e. The third-order valence-electron chi connectivity index (χ3n) is 3.50. The summed E-state index contributed by atoms with van der Waals surface area (Å²) in [6.07, 6.45) is 3.50. The number of benzene rings is 2. The fourth-order valence-corrected chi connectivity index (χ4v) is 2.61. The Balaban J connectivity index is 2.47. The summed E-state index contributed by atoms with van der Waals surface area (Å²) >= 11 is 0. The predicted octanol–water partition coefficient (Wildman–Crippen LogP) is 3.61. The summed E-state index contributed by atoms with van der Waals surface area (Å²) in [4.78, 5) is 21.9. The van der Waals surface area contributed by atoms with E-state index < -0.39 is 0 Å². The van der Waals surface area contributed by atoms with E-state index >= 15 is 0 Å². The second-order valence-electron chi connectivity index (χ2n) is 4.69. The summed E-state index contributed by atoms with van der Waals surface area (Å²) in [5, 5.41) is 1.96. The van der Waals surface area contributed by atoms with Gasteiger partial charge in [0.25, 0.3) is 0 Å². The lowest BCUT2D eigenvalue weighted by atomic mass is 10.1. The highest BCUT2D eigenvalue weighted by Gasteiger charge is 2.10. The van der Waals surface area contributed by atoms with Crippen LogP contribution in [-0.2, 0) is 6.54 Å². The maximum absolute atomic E-state index is 11.0. The molecule has 0 aliphatic heterocycles. The number of fused-ring (bicyclic) bond motifs is 3. The van der Waals surface area contributed by atoms with E-state index in [0.29, 0.717) is 17.7 Å². The van der Waals surface area contributed by atoms with E-state index in [1.807, 2.05) is 30.3 Å². The molecule has 1 heterocycles. The van der Waals surface area contributed by atoms with Gasteiger partial charge in [0.1, 0.15) is 12.6 Å². The van der Waals surface area contributed by atoms with Crippen LogP contribution in [0.15, 0.2) is 49.1 Å². The molecule has 0 N–H and O–H groups in total. The molecule has 0 atom stereocenters. The third-order valence-corrected chi connectivity index (χ3v) is 3.50. The lowest BCUT2D eigenvalue weighted by molar-refractivity contribution is 0.111. The van der Waals surface area contributed by atoms with Crippen molar-refractivity contribution in [3.63, 3.8) is 0 Å². The molecule has 0 saturated carbocycles. The molecule has 0 fully saturated rings. The van der Waals surface area contributed by atoms with Crippen molar-refractivity contribution in [2.75, 3.05) is 0 Å². The highest BCUT2D eigenvalue weighted by atomic mass is 16.1. The number of carbonyl (C=O) groups is 2. The molecule has 3 nitrogen and oxygen atoms in total. The Bertz CT molecular complexity index is 778. The summed E-state index contributed by atoms with van der Waals surface area (Å²) < 4.78 is 2.13. The van der Waals surface area contributed by atoms with Gasteiger partial charge in [-0.05, 0) is 36.4 Å². The normalized spacial score (nSPS) is 10.8. The van der Waals surface area contributed by atoms with Gasteiger partial charge in [0, 0.05) is 39.5 Å². The third kappa shape index (κ3) is 1.75. The van der Waals surface area contributed by atoms with Gasteiger partial charge in [0.05, 0.1) is 0 Å². The van der Waals surface area contributed by atoms with Gasteiger partial charge in [-0.25, -0.2) is 0 Å². The van der Waals surface area contributed by atoms with Crippen molar-refractivity contribution in [1.29, 1.82) is 0 Å². The number of aromatic nitrogens is 1. The number of aldehydes is 2. The van der Waals surface area contributed by atoms with Crippen molar-refractivity contribution in [1.82, 2.24) is 4.57 Å². The van der Waals surface area contributed by atoms with Gasteiger partial charge < -0.3 is 4.57 Å². The molecule has 0 aliphatic rings. The van der Waals surface area contributed by atoms with E-state index in [0.717, 1.165) is 34.4 Å². The monoisotopic (exact) mass is 263 g/mol. The van der Waals surface area contributed by atoms with Crippen LogP contribution in [0.5, 0.6) is 0 Å². The van der Waals surface area contributed by atoms with E-state index in [4.69, 9.17) is 0 Å². The van der Waals surface area contributed by atoms with E-state index in [9.17, 15) is 9.59 Å². The van der Waals surface area contributed by atoms with Crippen molar-refractivity contribution in [2.45, 2.75) is 6.54 Å². The molecule has 0 unspecified atom stereocenters. The van der Waals surface area contributed by atoms with E-state index in [-0.39, 0.29) is 0 Å². The minimum absolute atomic E-state index is 0.631. The van der Waals surface area contributed by atoms with Gasteiger partial charge in [0.15, 0.2) is 0 Å². The van der Waals surface area contributed by atoms with Crippen molar-refractivity contribution < 1.29 is 9.59 Å². The van der Waals surface area contributed by atoms with Crippen LogP contribution in [-0.4, -0.2) is 17.1 Å². The van der Waals surface area contributed by atoms with Crippen LogP contribution in [0.4, 0.5) is 0 Å². The van der Waals surface area contributed by atoms with Crippen LogP contribution in [0.25, 0.3) is 21.8 Å². The number of carbonyl (C=O) groups excluding carboxylic acids is 2. The van der Waals surface area contributed by atoms with Gasteiger partial charge in [0.2, 0.25) is 0 Å². The Labute approximate surface area is 116 Å². The van der Waals surface area contributed by atoms with Crippen LogP contribution in [0.1, 0.15) is 20.7 Å². The van der Waals surface area contributed by atoms with Gasteiger partial charge in [-0.3, -0.25) is 9.59 Å². The molecule has 2 aromatic carbocycles. The van der Waals surface area contributed by atoms with Crippen LogP contribution < -0.4 is 0 Å². The zero-order valence-corrected chi connectivity index (χ0v) is 10.9. The Morgan fingerprint density at radius 1 is 0.900 bits per heavy atom. The first kappa shape index (κ1) is 12.4. The van der Waals surface area contributed by atoms with Gasteiger partial charge >= 0.3 is 0 Å². The summed E-state index contributed by atoms with van der Waals surface area (Å²) in [6.45, 7) is 4.46. The van der Waals surface area contributed by atoms with E-state index in [2.05, 4.69) is 11.1 Å². The highest BCUT2D eigenvalue weighted by Crippen LogP contribution is 2.30. The molecule has 0 amide bonds. The minimum Gasteiger partial charge on any atom is -0.337 e. The number of hydrogen-bond acceptors (Lipinski definition) is 2. The second-order valence-corrected chi connectivity index (χ2v) is 4.69. The molecular formula is C17H13NO2. The molecule has 0 saturated heterocycles. The number of allylic oxidation sites excluding steroid dienone is 1. The van der Waals surface area contributed by atoms with Crippen LogP contribution in [0.2, 0.25) is 0 Å². The van der Waals surface area contributed by atoms with Crippen molar-refractivity contribution in [3.8, 4) is 0 Å². The molecule has 20 heavy (non-hydrogen) atoms. The maximum Gasteiger partial charge on any atom is 0.150 e. The number of nitrogens with zero attached hydrogens (tertiary/aromatic N) is 1. The summed E-state index contributed by atoms with van der Waals surface area (Å²) in [5.41, 5.74) is 3.33. The number of rotatable bonds is 4. The zero-order chi connectivity index (χ0) is 14.1. The van der Waals surface area contributed by atoms with Crippen molar-refractivity contribution in [2.24, 2.45) is 0 Å². The summed E-state index contributed by atoms with van der Waals surface area (Å²) in [5.74, 6) is 0. The molecule has 98 valence electrons. The standard InChI is InChI=1S/C17H13NO2/c1-2-7-18-16-5-3-12(10-19)8-14(16)15-9-13(11-20)4-6-17(15)18/h2-6,8-11H,1,7H2. The Hall–Kier alpha value is -2.68. The zero-order valence-electron chi connectivity index (χ0n) is 10.9. The van der Waals surface area contributed by atoms with Crippen LogP contribution >= 0.6 is 0 Å². The van der Waals surface area contributed by atoms with Crippen molar-refractivity contribution >= 4 is 34.4 Å². The van der Waals surface area contributed by atoms with Crippen molar-refractivity contribution in [3.05, 3.63) is 60.2 Å². The van der Waals surface area contributed by atoms with E-state index in [1.54, 1.807) is 12.1 Å². The van der Waals surface area contributed by atoms with Crippen LogP contribution in [0, 0.1) is 0 Å². The molecule has 0 radical (unpaired) electrons. The molecule has 3 rings (SSSR count). The lowest BCUT2D eigenvalue weighted by Crippen LogP contribution is -1.94. The van der Waals surface area contributed by atoms with Gasteiger partial charge in [-0.15, -0.1) is 6.58 Å². The molecular weight excluding hydrogens is 250 g/mol. The molecule has 3 heteroatoms. The van der Waals surface area contributed by atoms with Gasteiger partial charge in [-0.1, -0.05) is 6.08 Å². The summed E-state index contributed by atoms with van der Waals surface area (Å²) in [7, 11) is 0. The quantitative estimate of drug-likeness (QED) is 0.533. The average Bonchev–Trinajstić information content (AvgIpc) is 2.80. The molecule has 3 aromatic rings. The highest BCUT2D eigenvalue weighted by molar-refractivity contribution is 6.10. The molecule has 0 bridgehead atoms. The smallest absolute Gasteiger partial charge is 0.150 e. The topological polar surface area (TPSA) is 39.1 Å². The van der Waals surface area contributed by atoms with E-state index in [1.165, 1.54) is 0 Å². The average molecular weight is 263 g/mol. The summed E-state index contributed by atoms with van der Waals surface area (Å²) in [6, 6.07) is 11.2. The Morgan fingerprint density at radius 2 is 1.40 bits per heavy atom. The molecule has 0 aliphatic carbocycles. The fourth-order valence-electron chi connectivity index (χ4n) is 2.61. The Kier molecular flexibility index (Phi) is 2.95. The van der Waals surface area contributed by atoms with Gasteiger partial charge in [-0.2, -0.15) is 0 Å². The first-order valence-electron chi connectivity index (χ1n) is 6.35. The molecule has 1 aromatic heterocycles. The first-order chi connectivity index (χ1) is 9.78. The number of hydrogen-bond donors (Lipinski definition) is 0. The van der Waals surface area contributed by atoms with Crippen LogP contribution in [0.3, 0.4) is 0 Å². The SMILES string of the molecule is C=CCn1c2ccc(C=O)cc2c2cc(C=O)ccc21. The molecule has 0 spiro atoms. The predicted molar refractivity (Wildman–Crippen MR) is 80.4 cm³/mol. The second kappa shape index (κ2) is 4.78. The maximum atomic E-state index is 11.0. The first-order valence-corrected chi connectivity index (χ1v) is 6.35.